The summed E-state index contributed by atoms with van der Waals surface area (Å²) < 4.78 is 2.31. The number of hydrogen-bond acceptors (Lipinski definition) is 3. The van der Waals surface area contributed by atoms with Gasteiger partial charge in [-0.05, 0) is 23.8 Å². The smallest absolute Gasteiger partial charge is 0.155 e. The normalized spacial score (nSPS) is 10.7. The number of para-hydroxylation sites is 1. The van der Waals surface area contributed by atoms with Crippen LogP contribution >= 0.6 is 23.1 Å². The molecule has 88 valence electrons. The third-order valence-electron chi connectivity index (χ3n) is 2.61. The summed E-state index contributed by atoms with van der Waals surface area (Å²) >= 11 is 3.43. The van der Waals surface area contributed by atoms with E-state index in [2.05, 4.69) is 35.8 Å². The van der Waals surface area contributed by atoms with E-state index >= 15 is 0 Å². The molecule has 0 bridgehead atoms. The van der Waals surface area contributed by atoms with Crippen LogP contribution in [0.25, 0.3) is 16.3 Å². The molecule has 0 saturated carbocycles. The number of thiazole rings is 1. The van der Waals surface area contributed by atoms with Crippen LogP contribution in [0.1, 0.15) is 5.56 Å². The van der Waals surface area contributed by atoms with Crippen LogP contribution in [0.15, 0.2) is 64.3 Å². The molecular weight excluding hydrogens is 258 g/mol. The molecule has 0 saturated heterocycles. The second kappa shape index (κ2) is 4.96. The molecule has 1 aromatic heterocycles. The molecule has 0 unspecified atom stereocenters. The highest BCUT2D eigenvalue weighted by atomic mass is 32.2. The average Bonchev–Trinajstić information content (AvgIpc) is 2.81. The summed E-state index contributed by atoms with van der Waals surface area (Å²) in [5.74, 6) is 0. The number of benzene rings is 2. The van der Waals surface area contributed by atoms with Gasteiger partial charge in [-0.15, -0.1) is 11.3 Å². The fourth-order valence-electron chi connectivity index (χ4n) is 1.73. The summed E-state index contributed by atoms with van der Waals surface area (Å²) in [6.45, 7) is 3.85. The topological polar surface area (TPSA) is 12.9 Å². The van der Waals surface area contributed by atoms with Gasteiger partial charge in [-0.1, -0.05) is 54.7 Å². The van der Waals surface area contributed by atoms with Crippen molar-refractivity contribution in [1.82, 2.24) is 4.98 Å². The highest BCUT2D eigenvalue weighted by Gasteiger charge is 2.06. The molecule has 3 rings (SSSR count). The Bertz CT molecular complexity index is 667. The fraction of sp³-hybridized carbons (Fsp3) is 0. The van der Waals surface area contributed by atoms with Gasteiger partial charge in [-0.25, -0.2) is 4.98 Å². The lowest BCUT2D eigenvalue weighted by molar-refractivity contribution is 1.29. The van der Waals surface area contributed by atoms with Crippen LogP contribution in [0, 0.1) is 0 Å². The number of rotatable bonds is 3. The maximum Gasteiger partial charge on any atom is 0.155 e. The summed E-state index contributed by atoms with van der Waals surface area (Å²) in [5.41, 5.74) is 2.22. The van der Waals surface area contributed by atoms with Gasteiger partial charge in [0.15, 0.2) is 4.34 Å². The summed E-state index contributed by atoms with van der Waals surface area (Å²) in [4.78, 5) is 5.83. The third-order valence-corrected chi connectivity index (χ3v) is 4.80. The zero-order valence-corrected chi connectivity index (χ0v) is 11.3. The van der Waals surface area contributed by atoms with Crippen molar-refractivity contribution in [2.75, 3.05) is 0 Å². The van der Waals surface area contributed by atoms with E-state index in [1.54, 1.807) is 23.1 Å². The molecule has 1 heterocycles. The maximum atomic E-state index is 4.63. The van der Waals surface area contributed by atoms with E-state index in [4.69, 9.17) is 0 Å². The van der Waals surface area contributed by atoms with Gasteiger partial charge in [0, 0.05) is 4.90 Å². The van der Waals surface area contributed by atoms with Crippen molar-refractivity contribution < 1.29 is 0 Å². The zero-order valence-electron chi connectivity index (χ0n) is 9.67. The average molecular weight is 269 g/mol. The van der Waals surface area contributed by atoms with Gasteiger partial charge < -0.3 is 0 Å². The Morgan fingerprint density at radius 3 is 2.67 bits per heavy atom. The standard InChI is InChI=1S/C15H11NS2/c1-2-11-7-3-5-9-13(11)17-15-16-12-8-4-6-10-14(12)18-15/h2-10H,1H2. The second-order valence-electron chi connectivity index (χ2n) is 3.79. The molecule has 0 aliphatic rings. The third kappa shape index (κ3) is 2.19. The van der Waals surface area contributed by atoms with Crippen molar-refractivity contribution >= 4 is 39.4 Å². The van der Waals surface area contributed by atoms with E-state index in [1.165, 1.54) is 9.60 Å². The first-order chi connectivity index (χ1) is 8.86. The first-order valence-corrected chi connectivity index (χ1v) is 7.25. The molecular formula is C15H11NS2. The van der Waals surface area contributed by atoms with Crippen LogP contribution in [-0.2, 0) is 0 Å². The van der Waals surface area contributed by atoms with Crippen LogP contribution < -0.4 is 0 Å². The molecule has 0 fully saturated rings. The van der Waals surface area contributed by atoms with E-state index in [1.807, 2.05) is 30.3 Å². The van der Waals surface area contributed by atoms with Gasteiger partial charge in [-0.2, -0.15) is 0 Å². The second-order valence-corrected chi connectivity index (χ2v) is 6.11. The van der Waals surface area contributed by atoms with Gasteiger partial charge in [0.25, 0.3) is 0 Å². The first kappa shape index (κ1) is 11.5. The molecule has 1 nitrogen and oxygen atoms in total. The minimum absolute atomic E-state index is 1.07. The van der Waals surface area contributed by atoms with Crippen molar-refractivity contribution in [2.24, 2.45) is 0 Å². The van der Waals surface area contributed by atoms with Gasteiger partial charge in [0.05, 0.1) is 10.2 Å². The molecule has 0 amide bonds. The predicted molar refractivity (Wildman–Crippen MR) is 80.3 cm³/mol. The molecule has 0 atom stereocenters. The van der Waals surface area contributed by atoms with E-state index in [-0.39, 0.29) is 0 Å². The fourth-order valence-corrected chi connectivity index (χ4v) is 3.88. The van der Waals surface area contributed by atoms with Crippen molar-refractivity contribution in [3.8, 4) is 0 Å². The Kier molecular flexibility index (Phi) is 3.17. The Labute approximate surface area is 114 Å². The SMILES string of the molecule is C=Cc1ccccc1Sc1nc2ccccc2s1. The molecule has 0 radical (unpaired) electrons. The van der Waals surface area contributed by atoms with Gasteiger partial charge >= 0.3 is 0 Å². The quantitative estimate of drug-likeness (QED) is 0.657. The predicted octanol–water partition coefficient (Wildman–Crippen LogP) is 5.09. The Balaban J connectivity index is 1.98. The monoisotopic (exact) mass is 269 g/mol. The zero-order chi connectivity index (χ0) is 12.4. The van der Waals surface area contributed by atoms with Crippen molar-refractivity contribution in [3.63, 3.8) is 0 Å². The molecule has 0 aliphatic carbocycles. The van der Waals surface area contributed by atoms with Crippen LogP contribution in [0.2, 0.25) is 0 Å². The molecule has 2 aromatic carbocycles. The first-order valence-electron chi connectivity index (χ1n) is 5.62. The Hall–Kier alpha value is -1.58. The van der Waals surface area contributed by atoms with Gasteiger partial charge in [-0.3, -0.25) is 0 Å². The Morgan fingerprint density at radius 2 is 1.83 bits per heavy atom. The molecule has 0 spiro atoms. The molecule has 0 aliphatic heterocycles. The number of aromatic nitrogens is 1. The largest absolute Gasteiger partial charge is 0.229 e. The molecule has 0 N–H and O–H groups in total. The van der Waals surface area contributed by atoms with E-state index < -0.39 is 0 Å². The van der Waals surface area contributed by atoms with Gasteiger partial charge in [0.2, 0.25) is 0 Å². The summed E-state index contributed by atoms with van der Waals surface area (Å²) in [7, 11) is 0. The number of hydrogen-bond donors (Lipinski definition) is 0. The van der Waals surface area contributed by atoms with Crippen LogP contribution in [0.3, 0.4) is 0 Å². The number of nitrogens with zero attached hydrogens (tertiary/aromatic N) is 1. The van der Waals surface area contributed by atoms with Crippen LogP contribution in [-0.4, -0.2) is 4.98 Å². The van der Waals surface area contributed by atoms with Crippen LogP contribution in [0.5, 0.6) is 0 Å². The minimum Gasteiger partial charge on any atom is -0.229 e. The van der Waals surface area contributed by atoms with E-state index in [9.17, 15) is 0 Å². The lowest BCUT2D eigenvalue weighted by Gasteiger charge is -2.01. The van der Waals surface area contributed by atoms with Gasteiger partial charge in [0.1, 0.15) is 0 Å². The van der Waals surface area contributed by atoms with Crippen molar-refractivity contribution in [1.29, 1.82) is 0 Å². The highest BCUT2D eigenvalue weighted by Crippen LogP contribution is 2.35. The summed E-state index contributed by atoms with van der Waals surface area (Å²) in [6, 6.07) is 16.5. The molecule has 18 heavy (non-hydrogen) atoms. The number of fused-ring (bicyclic) bond motifs is 1. The molecule has 3 heteroatoms. The highest BCUT2D eigenvalue weighted by molar-refractivity contribution is 8.01. The van der Waals surface area contributed by atoms with Crippen molar-refractivity contribution in [3.05, 3.63) is 60.7 Å². The lowest BCUT2D eigenvalue weighted by atomic mass is 10.2. The summed E-state index contributed by atoms with van der Waals surface area (Å²) in [6.07, 6.45) is 1.88. The van der Waals surface area contributed by atoms with Crippen LogP contribution in [0.4, 0.5) is 0 Å². The maximum absolute atomic E-state index is 4.63. The summed E-state index contributed by atoms with van der Waals surface area (Å²) in [5, 5.41) is 0. The Morgan fingerprint density at radius 1 is 1.06 bits per heavy atom. The van der Waals surface area contributed by atoms with E-state index in [0.29, 0.717) is 0 Å². The minimum atomic E-state index is 1.07. The van der Waals surface area contributed by atoms with Crippen molar-refractivity contribution in [2.45, 2.75) is 9.24 Å². The van der Waals surface area contributed by atoms with E-state index in [0.717, 1.165) is 15.4 Å². The lowest BCUT2D eigenvalue weighted by Crippen LogP contribution is -1.77. The molecule has 3 aromatic rings.